The number of hydrogen-bond donors (Lipinski definition) is 0. The molecular weight excluding hydrogens is 527 g/mol. The number of nitrogens with zero attached hydrogens (tertiary/aromatic N) is 2. The highest BCUT2D eigenvalue weighted by atomic mass is 127. The normalized spacial score (nSPS) is 12.0. The van der Waals surface area contributed by atoms with Crippen LogP contribution >= 0.6 is 49.9 Å². The topological polar surface area (TPSA) is 43.6 Å². The smallest absolute Gasteiger partial charge is 0.274 e. The molecule has 0 amide bonds. The lowest BCUT2D eigenvalue weighted by molar-refractivity contribution is 0.365. The van der Waals surface area contributed by atoms with Crippen molar-refractivity contribution >= 4 is 71.9 Å². The molecule has 0 radical (unpaired) electrons. The monoisotopic (exact) mass is 536 g/mol. The highest BCUT2D eigenvalue weighted by Gasteiger charge is 2.12. The van der Waals surface area contributed by atoms with E-state index < -0.39 is 0 Å². The second-order valence-corrected chi connectivity index (χ2v) is 8.47. The summed E-state index contributed by atoms with van der Waals surface area (Å²) in [5.41, 5.74) is 2.50. The number of fused-ring (bicyclic) bond motifs is 3. The van der Waals surface area contributed by atoms with Gasteiger partial charge in [-0.1, -0.05) is 29.4 Å². The SMILES string of the molecule is C#CCOc1c(Br)cc(/C=c2\sc3nc4ccccc4n3c2=O)cc1I. The molecule has 7 heteroatoms. The van der Waals surface area contributed by atoms with Crippen molar-refractivity contribution in [2.45, 2.75) is 0 Å². The van der Waals surface area contributed by atoms with Crippen molar-refractivity contribution in [1.82, 2.24) is 9.38 Å². The second kappa shape index (κ2) is 7.02. The van der Waals surface area contributed by atoms with Crippen LogP contribution in [0.2, 0.25) is 0 Å². The summed E-state index contributed by atoms with van der Waals surface area (Å²) in [6.07, 6.45) is 7.12. The van der Waals surface area contributed by atoms with E-state index in [-0.39, 0.29) is 12.2 Å². The molecule has 0 fully saturated rings. The van der Waals surface area contributed by atoms with Gasteiger partial charge in [-0.25, -0.2) is 9.38 Å². The summed E-state index contributed by atoms with van der Waals surface area (Å²) < 4.78 is 9.56. The van der Waals surface area contributed by atoms with Crippen molar-refractivity contribution in [2.24, 2.45) is 0 Å². The third-order valence-electron chi connectivity index (χ3n) is 3.76. The molecule has 0 atom stereocenters. The van der Waals surface area contributed by atoms with Gasteiger partial charge in [0.25, 0.3) is 5.56 Å². The van der Waals surface area contributed by atoms with E-state index in [1.165, 1.54) is 11.3 Å². The predicted octanol–water partition coefficient (Wildman–Crippen LogP) is 3.84. The number of aromatic nitrogens is 2. The Morgan fingerprint density at radius 3 is 2.96 bits per heavy atom. The molecule has 0 saturated heterocycles. The lowest BCUT2D eigenvalue weighted by atomic mass is 10.2. The van der Waals surface area contributed by atoms with E-state index in [0.717, 1.165) is 24.6 Å². The van der Waals surface area contributed by atoms with Crippen LogP contribution in [0.3, 0.4) is 0 Å². The standard InChI is InChI=1S/C19H10BrIN2O2S/c1-2-7-25-17-12(20)8-11(9-13(17)21)10-16-18(24)23-15-6-4-3-5-14(15)22-19(23)26-16/h1,3-6,8-10H,7H2/b16-10-. The Morgan fingerprint density at radius 1 is 1.38 bits per heavy atom. The summed E-state index contributed by atoms with van der Waals surface area (Å²) in [5.74, 6) is 3.16. The van der Waals surface area contributed by atoms with Gasteiger partial charge in [0.1, 0.15) is 12.4 Å². The molecule has 0 saturated carbocycles. The van der Waals surface area contributed by atoms with Gasteiger partial charge in [-0.3, -0.25) is 4.79 Å². The van der Waals surface area contributed by atoms with Crippen molar-refractivity contribution < 1.29 is 4.74 Å². The maximum Gasteiger partial charge on any atom is 0.274 e. The molecule has 26 heavy (non-hydrogen) atoms. The van der Waals surface area contributed by atoms with Crippen molar-refractivity contribution in [2.75, 3.05) is 6.61 Å². The number of thiazole rings is 1. The third kappa shape index (κ3) is 3.02. The van der Waals surface area contributed by atoms with Crippen LogP contribution in [0.5, 0.6) is 5.75 Å². The van der Waals surface area contributed by atoms with E-state index in [4.69, 9.17) is 11.2 Å². The first kappa shape index (κ1) is 17.5. The molecule has 0 N–H and O–H groups in total. The van der Waals surface area contributed by atoms with Crippen LogP contribution in [-0.4, -0.2) is 16.0 Å². The van der Waals surface area contributed by atoms with Gasteiger partial charge in [0, 0.05) is 0 Å². The number of terminal acetylenes is 1. The minimum absolute atomic E-state index is 0.0579. The molecule has 0 aliphatic heterocycles. The Balaban J connectivity index is 1.85. The number of imidazole rings is 1. The van der Waals surface area contributed by atoms with Gasteiger partial charge in [0.05, 0.1) is 23.6 Å². The first-order valence-corrected chi connectivity index (χ1v) is 10.2. The molecule has 0 spiro atoms. The molecule has 4 nitrogen and oxygen atoms in total. The summed E-state index contributed by atoms with van der Waals surface area (Å²) in [6.45, 7) is 0.206. The van der Waals surface area contributed by atoms with Crippen LogP contribution in [0.15, 0.2) is 45.7 Å². The quantitative estimate of drug-likeness (QED) is 0.295. The predicted molar refractivity (Wildman–Crippen MR) is 117 cm³/mol. The lowest BCUT2D eigenvalue weighted by Gasteiger charge is -2.08. The fourth-order valence-corrected chi connectivity index (χ4v) is 5.43. The van der Waals surface area contributed by atoms with Crippen molar-refractivity contribution in [3.05, 3.63) is 64.9 Å². The van der Waals surface area contributed by atoms with Crippen molar-refractivity contribution in [1.29, 1.82) is 0 Å². The minimum Gasteiger partial charge on any atom is -0.479 e. The Labute approximate surface area is 174 Å². The van der Waals surface area contributed by atoms with Crippen molar-refractivity contribution in [3.63, 3.8) is 0 Å². The Kier molecular flexibility index (Phi) is 4.73. The Bertz CT molecular complexity index is 1280. The number of halogens is 2. The number of hydrogen-bond acceptors (Lipinski definition) is 4. The van der Waals surface area contributed by atoms with Crippen molar-refractivity contribution in [3.8, 4) is 18.1 Å². The van der Waals surface area contributed by atoms with E-state index in [9.17, 15) is 4.79 Å². The molecule has 0 aliphatic carbocycles. The fraction of sp³-hybridized carbons (Fsp3) is 0.0526. The first-order valence-electron chi connectivity index (χ1n) is 7.55. The van der Waals surface area contributed by atoms with Crippen LogP contribution in [0.4, 0.5) is 0 Å². The molecule has 4 rings (SSSR count). The van der Waals surface area contributed by atoms with E-state index in [1.54, 1.807) is 4.40 Å². The van der Waals surface area contributed by atoms with Crippen LogP contribution < -0.4 is 14.8 Å². The first-order chi connectivity index (χ1) is 12.6. The third-order valence-corrected chi connectivity index (χ3v) is 6.12. The number of para-hydroxylation sites is 2. The molecular formula is C19H10BrIN2O2S. The van der Waals surface area contributed by atoms with Gasteiger partial charge in [-0.05, 0) is 74.4 Å². The average molecular weight is 537 g/mol. The summed E-state index contributed by atoms with van der Waals surface area (Å²) in [5, 5.41) is 0. The molecule has 0 aliphatic rings. The fourth-order valence-electron chi connectivity index (χ4n) is 2.68. The van der Waals surface area contributed by atoms with E-state index in [0.29, 0.717) is 15.2 Å². The Hall–Kier alpha value is -1.89. The lowest BCUT2D eigenvalue weighted by Crippen LogP contribution is -2.22. The highest BCUT2D eigenvalue weighted by Crippen LogP contribution is 2.32. The number of rotatable bonds is 3. The minimum atomic E-state index is -0.0579. The van der Waals surface area contributed by atoms with Crippen LogP contribution in [-0.2, 0) is 0 Å². The molecule has 2 aromatic carbocycles. The maximum absolute atomic E-state index is 12.8. The summed E-state index contributed by atoms with van der Waals surface area (Å²) in [4.78, 5) is 18.1. The summed E-state index contributed by atoms with van der Waals surface area (Å²) in [7, 11) is 0. The zero-order valence-electron chi connectivity index (χ0n) is 13.2. The zero-order valence-corrected chi connectivity index (χ0v) is 17.8. The van der Waals surface area contributed by atoms with Gasteiger partial charge < -0.3 is 4.74 Å². The molecule has 4 aromatic rings. The summed E-state index contributed by atoms with van der Waals surface area (Å²) in [6, 6.07) is 11.5. The number of ether oxygens (including phenoxy) is 1. The Morgan fingerprint density at radius 2 is 2.19 bits per heavy atom. The second-order valence-electron chi connectivity index (χ2n) is 5.44. The van der Waals surface area contributed by atoms with Crippen LogP contribution in [0.25, 0.3) is 22.1 Å². The largest absolute Gasteiger partial charge is 0.479 e. The van der Waals surface area contributed by atoms with E-state index in [2.05, 4.69) is 49.4 Å². The maximum atomic E-state index is 12.8. The van der Waals surface area contributed by atoms with Gasteiger partial charge >= 0.3 is 0 Å². The molecule has 128 valence electrons. The molecule has 0 unspecified atom stereocenters. The van der Waals surface area contributed by atoms with Crippen LogP contribution in [0.1, 0.15) is 5.56 Å². The van der Waals surface area contributed by atoms with Gasteiger partial charge in [0.15, 0.2) is 4.96 Å². The molecule has 0 bridgehead atoms. The van der Waals surface area contributed by atoms with Gasteiger partial charge in [0.2, 0.25) is 0 Å². The number of benzene rings is 2. The van der Waals surface area contributed by atoms with Gasteiger partial charge in [-0.2, -0.15) is 0 Å². The van der Waals surface area contributed by atoms with E-state index in [1.807, 2.05) is 42.5 Å². The highest BCUT2D eigenvalue weighted by molar-refractivity contribution is 14.1. The summed E-state index contributed by atoms with van der Waals surface area (Å²) >= 11 is 7.08. The van der Waals surface area contributed by atoms with E-state index >= 15 is 0 Å². The average Bonchev–Trinajstić information content (AvgIpc) is 3.11. The zero-order chi connectivity index (χ0) is 18.3. The molecule has 2 aromatic heterocycles. The van der Waals surface area contributed by atoms with Crippen LogP contribution in [0, 0.1) is 15.9 Å². The molecule has 2 heterocycles. The van der Waals surface area contributed by atoms with Gasteiger partial charge in [-0.15, -0.1) is 6.42 Å².